The van der Waals surface area contributed by atoms with Crippen molar-refractivity contribution in [2.45, 2.75) is 18.9 Å². The lowest BCUT2D eigenvalue weighted by molar-refractivity contribution is 0.112. The van der Waals surface area contributed by atoms with E-state index in [4.69, 9.17) is 11.6 Å². The summed E-state index contributed by atoms with van der Waals surface area (Å²) in [6, 6.07) is 0.599. The Morgan fingerprint density at radius 3 is 2.85 bits per heavy atom. The first-order chi connectivity index (χ1) is 6.22. The fourth-order valence-corrected chi connectivity index (χ4v) is 2.24. The lowest BCUT2D eigenvalue weighted by atomic mass is 10.6. The van der Waals surface area contributed by atoms with Gasteiger partial charge in [-0.15, -0.1) is 0 Å². The van der Waals surface area contributed by atoms with E-state index in [1.807, 2.05) is 7.05 Å². The van der Waals surface area contributed by atoms with Crippen molar-refractivity contribution >= 4 is 34.4 Å². The fraction of sp³-hybridized carbons (Fsp3) is 0.500. The number of hydrogen-bond acceptors (Lipinski definition) is 4. The molecule has 13 heavy (non-hydrogen) atoms. The van der Waals surface area contributed by atoms with Gasteiger partial charge in [-0.05, 0) is 12.8 Å². The summed E-state index contributed by atoms with van der Waals surface area (Å²) in [7, 11) is 1.99. The van der Waals surface area contributed by atoms with Crippen LogP contribution in [0.1, 0.15) is 22.5 Å². The average Bonchev–Trinajstić information content (AvgIpc) is 2.89. The van der Waals surface area contributed by atoms with Crippen molar-refractivity contribution in [2.24, 2.45) is 0 Å². The quantitative estimate of drug-likeness (QED) is 0.727. The third-order valence-corrected chi connectivity index (χ3v) is 3.57. The van der Waals surface area contributed by atoms with E-state index in [1.54, 1.807) is 0 Å². The Balaban J connectivity index is 2.24. The van der Waals surface area contributed by atoms with Crippen molar-refractivity contribution in [3.8, 4) is 0 Å². The summed E-state index contributed by atoms with van der Waals surface area (Å²) in [4.78, 5) is 17.2. The number of rotatable bonds is 3. The van der Waals surface area contributed by atoms with Gasteiger partial charge in [0, 0.05) is 13.1 Å². The van der Waals surface area contributed by atoms with Gasteiger partial charge in [-0.1, -0.05) is 22.9 Å². The molecule has 0 N–H and O–H groups in total. The number of thiazole rings is 1. The maximum Gasteiger partial charge on any atom is 0.187 e. The number of carbonyl (C=O) groups is 1. The third-order valence-electron chi connectivity index (χ3n) is 2.10. The largest absolute Gasteiger partial charge is 0.348 e. The van der Waals surface area contributed by atoms with E-state index < -0.39 is 0 Å². The molecule has 1 saturated carbocycles. The van der Waals surface area contributed by atoms with E-state index >= 15 is 0 Å². The molecule has 3 nitrogen and oxygen atoms in total. The predicted octanol–water partition coefficient (Wildman–Crippen LogP) is 2.21. The van der Waals surface area contributed by atoms with Crippen molar-refractivity contribution in [1.29, 1.82) is 0 Å². The molecule has 2 rings (SSSR count). The maximum absolute atomic E-state index is 10.5. The van der Waals surface area contributed by atoms with E-state index in [0.29, 0.717) is 16.1 Å². The second-order valence-corrected chi connectivity index (χ2v) is 4.48. The highest BCUT2D eigenvalue weighted by Crippen LogP contribution is 2.34. The molecule has 0 saturated heterocycles. The van der Waals surface area contributed by atoms with Gasteiger partial charge in [0.05, 0.1) is 0 Å². The van der Waals surface area contributed by atoms with Crippen LogP contribution >= 0.6 is 22.9 Å². The number of hydrogen-bond donors (Lipinski definition) is 0. The number of anilines is 1. The van der Waals surface area contributed by atoms with Crippen LogP contribution in [0.2, 0.25) is 5.15 Å². The predicted molar refractivity (Wildman–Crippen MR) is 53.9 cm³/mol. The Hall–Kier alpha value is -0.610. The summed E-state index contributed by atoms with van der Waals surface area (Å²) in [6.07, 6.45) is 3.18. The molecule has 1 aliphatic carbocycles. The van der Waals surface area contributed by atoms with Crippen molar-refractivity contribution in [2.75, 3.05) is 11.9 Å². The van der Waals surface area contributed by atoms with E-state index in [2.05, 4.69) is 9.88 Å². The number of aromatic nitrogens is 1. The summed E-state index contributed by atoms with van der Waals surface area (Å²) < 4.78 is 0. The molecular weight excluding hydrogens is 208 g/mol. The molecule has 0 aliphatic heterocycles. The average molecular weight is 217 g/mol. The zero-order valence-corrected chi connectivity index (χ0v) is 8.73. The number of carbonyl (C=O) groups excluding carboxylic acids is 1. The Labute approximate surface area is 85.3 Å². The van der Waals surface area contributed by atoms with E-state index in [1.165, 1.54) is 24.2 Å². The summed E-state index contributed by atoms with van der Waals surface area (Å²) in [5.74, 6) is 0. The fourth-order valence-electron chi connectivity index (χ4n) is 1.14. The maximum atomic E-state index is 10.5. The highest BCUT2D eigenvalue weighted by molar-refractivity contribution is 7.17. The summed E-state index contributed by atoms with van der Waals surface area (Å²) in [6.45, 7) is 0. The normalized spacial score (nSPS) is 15.8. The van der Waals surface area contributed by atoms with Crippen LogP contribution in [0.5, 0.6) is 0 Å². The molecule has 0 spiro atoms. The lowest BCUT2D eigenvalue weighted by Crippen LogP contribution is -2.18. The van der Waals surface area contributed by atoms with Crippen molar-refractivity contribution in [3.63, 3.8) is 0 Å². The first kappa shape index (κ1) is 8.97. The zero-order chi connectivity index (χ0) is 9.42. The van der Waals surface area contributed by atoms with Gasteiger partial charge >= 0.3 is 0 Å². The van der Waals surface area contributed by atoms with Crippen LogP contribution in [0.4, 0.5) is 5.13 Å². The molecule has 1 fully saturated rings. The molecule has 0 bridgehead atoms. The van der Waals surface area contributed by atoms with E-state index in [0.717, 1.165) is 11.4 Å². The minimum absolute atomic E-state index is 0.322. The molecule has 5 heteroatoms. The second-order valence-electron chi connectivity index (χ2n) is 3.11. The summed E-state index contributed by atoms with van der Waals surface area (Å²) in [5.41, 5.74) is 0. The molecule has 1 aliphatic rings. The third kappa shape index (κ3) is 1.69. The number of halogens is 1. The van der Waals surface area contributed by atoms with Gasteiger partial charge < -0.3 is 4.90 Å². The van der Waals surface area contributed by atoms with Crippen LogP contribution in [0.3, 0.4) is 0 Å². The minimum atomic E-state index is 0.322. The molecule has 1 aromatic heterocycles. The molecule has 0 unspecified atom stereocenters. The first-order valence-corrected chi connectivity index (χ1v) is 5.26. The molecule has 1 aromatic rings. The first-order valence-electron chi connectivity index (χ1n) is 4.06. The van der Waals surface area contributed by atoms with Crippen molar-refractivity contribution in [3.05, 3.63) is 10.0 Å². The lowest BCUT2D eigenvalue weighted by Gasteiger charge is -2.13. The van der Waals surface area contributed by atoms with Crippen LogP contribution in [0.25, 0.3) is 0 Å². The molecule has 70 valence electrons. The van der Waals surface area contributed by atoms with Crippen LogP contribution < -0.4 is 4.90 Å². The highest BCUT2D eigenvalue weighted by Gasteiger charge is 2.28. The molecule has 1 heterocycles. The minimum Gasteiger partial charge on any atom is -0.348 e. The smallest absolute Gasteiger partial charge is 0.187 e. The molecule has 0 radical (unpaired) electrons. The topological polar surface area (TPSA) is 33.2 Å². The van der Waals surface area contributed by atoms with Gasteiger partial charge in [-0.2, -0.15) is 0 Å². The molecule has 0 atom stereocenters. The van der Waals surface area contributed by atoms with Crippen LogP contribution in [0, 0.1) is 0 Å². The second kappa shape index (κ2) is 3.27. The SMILES string of the molecule is CN(c1nc(Cl)c(C=O)s1)C1CC1. The Morgan fingerprint density at radius 2 is 2.38 bits per heavy atom. The number of aldehydes is 1. The van der Waals surface area contributed by atoms with Gasteiger partial charge in [0.2, 0.25) is 0 Å². The summed E-state index contributed by atoms with van der Waals surface area (Å²) in [5, 5.41) is 1.16. The van der Waals surface area contributed by atoms with E-state index in [-0.39, 0.29) is 0 Å². The standard InChI is InChI=1S/C8H9ClN2OS/c1-11(5-2-3-5)8-10-7(9)6(4-12)13-8/h4-5H,2-3H2,1H3. The van der Waals surface area contributed by atoms with Gasteiger partial charge in [0.25, 0.3) is 0 Å². The molecular formula is C8H9ClN2OS. The Bertz CT molecular complexity index is 335. The Kier molecular flexibility index (Phi) is 2.26. The van der Waals surface area contributed by atoms with Gasteiger partial charge in [-0.25, -0.2) is 4.98 Å². The Morgan fingerprint density at radius 1 is 1.69 bits per heavy atom. The van der Waals surface area contributed by atoms with E-state index in [9.17, 15) is 4.79 Å². The van der Waals surface area contributed by atoms with Gasteiger partial charge in [0.1, 0.15) is 4.88 Å². The van der Waals surface area contributed by atoms with Crippen molar-refractivity contribution < 1.29 is 4.79 Å². The van der Waals surface area contributed by atoms with Crippen molar-refractivity contribution in [1.82, 2.24) is 4.98 Å². The van der Waals surface area contributed by atoms with Gasteiger partial charge in [0.15, 0.2) is 16.6 Å². The van der Waals surface area contributed by atoms with Crippen LogP contribution in [0.15, 0.2) is 0 Å². The highest BCUT2D eigenvalue weighted by atomic mass is 35.5. The van der Waals surface area contributed by atoms with Crippen LogP contribution in [-0.2, 0) is 0 Å². The number of nitrogens with zero attached hydrogens (tertiary/aromatic N) is 2. The monoisotopic (exact) mass is 216 g/mol. The van der Waals surface area contributed by atoms with Gasteiger partial charge in [-0.3, -0.25) is 4.79 Å². The molecule has 0 amide bonds. The molecule has 0 aromatic carbocycles. The van der Waals surface area contributed by atoms with Crippen LogP contribution in [-0.4, -0.2) is 24.4 Å². The summed E-state index contributed by atoms with van der Waals surface area (Å²) >= 11 is 7.11. The zero-order valence-electron chi connectivity index (χ0n) is 7.16.